The zero-order valence-electron chi connectivity index (χ0n) is 9.69. The predicted octanol–water partition coefficient (Wildman–Crippen LogP) is 2.60. The molecule has 5 heteroatoms. The minimum atomic E-state index is 0.0253. The summed E-state index contributed by atoms with van der Waals surface area (Å²) in [5.41, 5.74) is 1.04. The number of aromatic amines is 1. The lowest BCUT2D eigenvalue weighted by molar-refractivity contribution is -0.116. The number of hydrogen-bond acceptors (Lipinski definition) is 3. The molecule has 0 saturated carbocycles. The van der Waals surface area contributed by atoms with Gasteiger partial charge in [0.1, 0.15) is 5.82 Å². The molecular formula is C12H15N3OS. The van der Waals surface area contributed by atoms with Crippen LogP contribution in [0.3, 0.4) is 0 Å². The number of aryl methyl sites for hydroxylation is 2. The third kappa shape index (κ3) is 3.17. The Morgan fingerprint density at radius 2 is 2.47 bits per heavy atom. The normalized spacial score (nSPS) is 10.4. The number of nitrogens with zero attached hydrogens (tertiary/aromatic N) is 1. The second kappa shape index (κ2) is 5.63. The van der Waals surface area contributed by atoms with Gasteiger partial charge in [-0.05, 0) is 24.3 Å². The first-order valence-electron chi connectivity index (χ1n) is 5.64. The van der Waals surface area contributed by atoms with Crippen molar-refractivity contribution in [2.75, 3.05) is 5.32 Å². The van der Waals surface area contributed by atoms with E-state index in [1.54, 1.807) is 17.5 Å². The number of carbonyl (C=O) groups is 1. The Bertz CT molecular complexity index is 476. The molecule has 1 amide bonds. The average molecular weight is 249 g/mol. The number of amides is 1. The van der Waals surface area contributed by atoms with E-state index in [1.165, 1.54) is 4.88 Å². The molecule has 0 saturated heterocycles. The third-order valence-corrected chi connectivity index (χ3v) is 3.48. The standard InChI is InChI=1S/C12H15N3OS/c1-2-9-8-13-15-12(9)14-11(16)6-5-10-4-3-7-17-10/h3-4,7-8H,2,5-6H2,1H3,(H2,13,14,15,16). The number of hydrogen-bond donors (Lipinski definition) is 2. The molecule has 0 spiro atoms. The predicted molar refractivity (Wildman–Crippen MR) is 69.2 cm³/mol. The zero-order valence-corrected chi connectivity index (χ0v) is 10.5. The van der Waals surface area contributed by atoms with Crippen LogP contribution in [0.5, 0.6) is 0 Å². The van der Waals surface area contributed by atoms with Gasteiger partial charge in [-0.2, -0.15) is 5.10 Å². The van der Waals surface area contributed by atoms with Gasteiger partial charge in [0.15, 0.2) is 0 Å². The molecule has 0 bridgehead atoms. The highest BCUT2D eigenvalue weighted by molar-refractivity contribution is 7.09. The van der Waals surface area contributed by atoms with Crippen LogP contribution in [0.1, 0.15) is 23.8 Å². The molecule has 0 radical (unpaired) electrons. The van der Waals surface area contributed by atoms with E-state index in [9.17, 15) is 4.79 Å². The summed E-state index contributed by atoms with van der Waals surface area (Å²) in [4.78, 5) is 13.0. The van der Waals surface area contributed by atoms with Crippen LogP contribution < -0.4 is 5.32 Å². The van der Waals surface area contributed by atoms with Gasteiger partial charge in [0.25, 0.3) is 0 Å². The second-order valence-corrected chi connectivity index (χ2v) is 4.78. The van der Waals surface area contributed by atoms with Gasteiger partial charge in [-0.3, -0.25) is 9.89 Å². The Balaban J connectivity index is 1.85. The van der Waals surface area contributed by atoms with E-state index < -0.39 is 0 Å². The van der Waals surface area contributed by atoms with Crippen molar-refractivity contribution in [3.05, 3.63) is 34.2 Å². The molecule has 0 fully saturated rings. The van der Waals surface area contributed by atoms with Crippen molar-refractivity contribution in [2.24, 2.45) is 0 Å². The maximum absolute atomic E-state index is 11.7. The Hall–Kier alpha value is -1.62. The van der Waals surface area contributed by atoms with Crippen LogP contribution >= 0.6 is 11.3 Å². The van der Waals surface area contributed by atoms with Crippen molar-refractivity contribution < 1.29 is 4.79 Å². The number of aromatic nitrogens is 2. The maximum atomic E-state index is 11.7. The largest absolute Gasteiger partial charge is 0.311 e. The van der Waals surface area contributed by atoms with Crippen LogP contribution in [-0.4, -0.2) is 16.1 Å². The molecule has 2 heterocycles. The molecule has 4 nitrogen and oxygen atoms in total. The molecular weight excluding hydrogens is 234 g/mol. The molecule has 0 unspecified atom stereocenters. The summed E-state index contributed by atoms with van der Waals surface area (Å²) in [6.07, 6.45) is 3.90. The lowest BCUT2D eigenvalue weighted by Gasteiger charge is -2.03. The number of carbonyl (C=O) groups excluding carboxylic acids is 1. The fourth-order valence-corrected chi connectivity index (χ4v) is 2.29. The van der Waals surface area contributed by atoms with Gasteiger partial charge in [-0.1, -0.05) is 13.0 Å². The number of H-pyrrole nitrogens is 1. The van der Waals surface area contributed by atoms with Crippen LogP contribution in [0.25, 0.3) is 0 Å². The van der Waals surface area contributed by atoms with E-state index in [0.29, 0.717) is 6.42 Å². The van der Waals surface area contributed by atoms with Crippen LogP contribution in [0.4, 0.5) is 5.82 Å². The van der Waals surface area contributed by atoms with Crippen LogP contribution in [0.2, 0.25) is 0 Å². The molecule has 17 heavy (non-hydrogen) atoms. The van der Waals surface area contributed by atoms with Crippen LogP contribution in [0.15, 0.2) is 23.7 Å². The monoisotopic (exact) mass is 249 g/mol. The van der Waals surface area contributed by atoms with Gasteiger partial charge >= 0.3 is 0 Å². The number of thiophene rings is 1. The van der Waals surface area contributed by atoms with Gasteiger partial charge in [0.2, 0.25) is 5.91 Å². The van der Waals surface area contributed by atoms with Crippen molar-refractivity contribution in [2.45, 2.75) is 26.2 Å². The molecule has 2 aromatic rings. The van der Waals surface area contributed by atoms with Gasteiger partial charge in [0, 0.05) is 16.9 Å². The molecule has 2 rings (SSSR count). The minimum Gasteiger partial charge on any atom is -0.311 e. The molecule has 0 aromatic carbocycles. The Kier molecular flexibility index (Phi) is 3.93. The van der Waals surface area contributed by atoms with E-state index in [2.05, 4.69) is 15.5 Å². The first-order chi connectivity index (χ1) is 8.29. The van der Waals surface area contributed by atoms with Crippen molar-refractivity contribution in [1.29, 1.82) is 0 Å². The quantitative estimate of drug-likeness (QED) is 0.855. The van der Waals surface area contributed by atoms with E-state index in [0.717, 1.165) is 24.2 Å². The lowest BCUT2D eigenvalue weighted by Crippen LogP contribution is -2.13. The molecule has 0 aliphatic carbocycles. The SMILES string of the molecule is CCc1cn[nH]c1NC(=O)CCc1cccs1. The molecule has 90 valence electrons. The molecule has 0 aliphatic heterocycles. The highest BCUT2D eigenvalue weighted by atomic mass is 32.1. The van der Waals surface area contributed by atoms with Crippen molar-refractivity contribution >= 4 is 23.1 Å². The van der Waals surface area contributed by atoms with Gasteiger partial charge in [0.05, 0.1) is 6.20 Å². The number of anilines is 1. The smallest absolute Gasteiger partial charge is 0.225 e. The van der Waals surface area contributed by atoms with E-state index in [1.807, 2.05) is 24.4 Å². The maximum Gasteiger partial charge on any atom is 0.225 e. The van der Waals surface area contributed by atoms with Gasteiger partial charge in [-0.15, -0.1) is 11.3 Å². The summed E-state index contributed by atoms with van der Waals surface area (Å²) in [6, 6.07) is 4.05. The van der Waals surface area contributed by atoms with Crippen LogP contribution in [-0.2, 0) is 17.6 Å². The lowest BCUT2D eigenvalue weighted by atomic mass is 10.2. The van der Waals surface area contributed by atoms with E-state index >= 15 is 0 Å². The fraction of sp³-hybridized carbons (Fsp3) is 0.333. The summed E-state index contributed by atoms with van der Waals surface area (Å²) < 4.78 is 0. The fourth-order valence-electron chi connectivity index (χ4n) is 1.58. The summed E-state index contributed by atoms with van der Waals surface area (Å²) in [5, 5.41) is 11.6. The van der Waals surface area contributed by atoms with E-state index in [4.69, 9.17) is 0 Å². The number of nitrogens with one attached hydrogen (secondary N) is 2. The minimum absolute atomic E-state index is 0.0253. The van der Waals surface area contributed by atoms with Crippen molar-refractivity contribution in [3.8, 4) is 0 Å². The average Bonchev–Trinajstić information content (AvgIpc) is 2.97. The molecule has 0 atom stereocenters. The van der Waals surface area contributed by atoms with Gasteiger partial charge in [-0.25, -0.2) is 0 Å². The number of rotatable bonds is 5. The third-order valence-electron chi connectivity index (χ3n) is 2.54. The zero-order chi connectivity index (χ0) is 12.1. The topological polar surface area (TPSA) is 57.8 Å². The summed E-state index contributed by atoms with van der Waals surface area (Å²) >= 11 is 1.68. The summed E-state index contributed by atoms with van der Waals surface area (Å²) in [7, 11) is 0. The molecule has 0 aliphatic rings. The molecule has 2 aromatic heterocycles. The van der Waals surface area contributed by atoms with Crippen LogP contribution in [0, 0.1) is 0 Å². The first kappa shape index (κ1) is 11.9. The second-order valence-electron chi connectivity index (χ2n) is 3.75. The Labute approximate surface area is 104 Å². The highest BCUT2D eigenvalue weighted by Crippen LogP contribution is 2.14. The Morgan fingerprint density at radius 1 is 1.59 bits per heavy atom. The van der Waals surface area contributed by atoms with Gasteiger partial charge < -0.3 is 5.32 Å². The molecule has 2 N–H and O–H groups in total. The highest BCUT2D eigenvalue weighted by Gasteiger charge is 2.08. The van der Waals surface area contributed by atoms with Crippen molar-refractivity contribution in [1.82, 2.24) is 10.2 Å². The Morgan fingerprint density at radius 3 is 3.18 bits per heavy atom. The van der Waals surface area contributed by atoms with Crippen molar-refractivity contribution in [3.63, 3.8) is 0 Å². The summed E-state index contributed by atoms with van der Waals surface area (Å²) in [5.74, 6) is 0.751. The first-order valence-corrected chi connectivity index (χ1v) is 6.52. The summed E-state index contributed by atoms with van der Waals surface area (Å²) in [6.45, 7) is 2.03. The van der Waals surface area contributed by atoms with E-state index in [-0.39, 0.29) is 5.91 Å².